The van der Waals surface area contributed by atoms with E-state index < -0.39 is 27.4 Å². The molecule has 2 aromatic rings. The SMILES string of the molecule is CCOC(=O)C1(NC(=O)c2cccc(NS(=O)(=O)c3ccc(Cl)c(Cl)c3)c2)CCCC1. The molecule has 166 valence electrons. The molecule has 31 heavy (non-hydrogen) atoms. The number of benzene rings is 2. The smallest absolute Gasteiger partial charge is 0.331 e. The largest absolute Gasteiger partial charge is 0.464 e. The van der Waals surface area contributed by atoms with Crippen molar-refractivity contribution in [2.75, 3.05) is 11.3 Å². The van der Waals surface area contributed by atoms with Crippen molar-refractivity contribution in [3.8, 4) is 0 Å². The summed E-state index contributed by atoms with van der Waals surface area (Å²) in [6.45, 7) is 1.94. The molecule has 2 N–H and O–H groups in total. The van der Waals surface area contributed by atoms with E-state index in [1.165, 1.54) is 30.3 Å². The number of carbonyl (C=O) groups is 2. The van der Waals surface area contributed by atoms with E-state index in [0.29, 0.717) is 12.8 Å². The van der Waals surface area contributed by atoms with Crippen LogP contribution in [0.15, 0.2) is 47.4 Å². The van der Waals surface area contributed by atoms with E-state index in [4.69, 9.17) is 27.9 Å². The minimum Gasteiger partial charge on any atom is -0.464 e. The van der Waals surface area contributed by atoms with Gasteiger partial charge in [-0.15, -0.1) is 0 Å². The topological polar surface area (TPSA) is 102 Å². The molecule has 1 aliphatic rings. The van der Waals surface area contributed by atoms with Crippen LogP contribution in [0.25, 0.3) is 0 Å². The molecule has 0 radical (unpaired) electrons. The number of hydrogen-bond donors (Lipinski definition) is 2. The van der Waals surface area contributed by atoms with Gasteiger partial charge in [0.15, 0.2) is 0 Å². The lowest BCUT2D eigenvalue weighted by molar-refractivity contribution is -0.150. The van der Waals surface area contributed by atoms with E-state index in [-0.39, 0.29) is 32.8 Å². The lowest BCUT2D eigenvalue weighted by Crippen LogP contribution is -2.53. The fraction of sp³-hybridized carbons (Fsp3) is 0.333. The highest BCUT2D eigenvalue weighted by molar-refractivity contribution is 7.92. The number of sulfonamides is 1. The van der Waals surface area contributed by atoms with Gasteiger partial charge in [-0.3, -0.25) is 9.52 Å². The van der Waals surface area contributed by atoms with Crippen molar-refractivity contribution in [2.45, 2.75) is 43.0 Å². The predicted molar refractivity (Wildman–Crippen MR) is 119 cm³/mol. The third-order valence-corrected chi connectivity index (χ3v) is 7.17. The van der Waals surface area contributed by atoms with Gasteiger partial charge in [-0.1, -0.05) is 42.1 Å². The zero-order chi connectivity index (χ0) is 22.6. The second kappa shape index (κ2) is 9.46. The van der Waals surface area contributed by atoms with Crippen LogP contribution >= 0.6 is 23.2 Å². The Morgan fingerprint density at radius 2 is 1.77 bits per heavy atom. The molecule has 2 aromatic carbocycles. The summed E-state index contributed by atoms with van der Waals surface area (Å²) in [5.41, 5.74) is -0.650. The Hall–Kier alpha value is -2.29. The Balaban J connectivity index is 1.80. The van der Waals surface area contributed by atoms with E-state index in [0.717, 1.165) is 12.8 Å². The minimum absolute atomic E-state index is 0.0658. The molecule has 0 aliphatic heterocycles. The third-order valence-electron chi connectivity index (χ3n) is 5.05. The normalized spacial score (nSPS) is 15.3. The molecule has 1 fully saturated rings. The Morgan fingerprint density at radius 1 is 1.06 bits per heavy atom. The number of amides is 1. The van der Waals surface area contributed by atoms with Crippen LogP contribution in [0.5, 0.6) is 0 Å². The molecule has 1 amide bonds. The van der Waals surface area contributed by atoms with E-state index in [9.17, 15) is 18.0 Å². The molecule has 0 aromatic heterocycles. The van der Waals surface area contributed by atoms with Crippen LogP contribution in [0.3, 0.4) is 0 Å². The Morgan fingerprint density at radius 3 is 2.42 bits per heavy atom. The lowest BCUT2D eigenvalue weighted by atomic mass is 9.97. The van der Waals surface area contributed by atoms with Crippen molar-refractivity contribution in [3.63, 3.8) is 0 Å². The lowest BCUT2D eigenvalue weighted by Gasteiger charge is -2.27. The average molecular weight is 485 g/mol. The summed E-state index contributed by atoms with van der Waals surface area (Å²) < 4.78 is 32.9. The molecule has 0 spiro atoms. The maximum atomic E-state index is 12.9. The number of halogens is 2. The Kier molecular flexibility index (Phi) is 7.13. The Bertz CT molecular complexity index is 1100. The zero-order valence-electron chi connectivity index (χ0n) is 16.8. The van der Waals surface area contributed by atoms with Crippen LogP contribution in [-0.4, -0.2) is 32.4 Å². The van der Waals surface area contributed by atoms with Crippen LogP contribution in [0.2, 0.25) is 10.0 Å². The third kappa shape index (κ3) is 5.31. The van der Waals surface area contributed by atoms with Crippen LogP contribution in [0.4, 0.5) is 5.69 Å². The van der Waals surface area contributed by atoms with Crippen LogP contribution in [0.1, 0.15) is 43.0 Å². The highest BCUT2D eigenvalue weighted by Gasteiger charge is 2.44. The first-order valence-corrected chi connectivity index (χ1v) is 12.0. The van der Waals surface area contributed by atoms with Crippen LogP contribution in [-0.2, 0) is 19.6 Å². The van der Waals surface area contributed by atoms with Crippen molar-refractivity contribution in [1.82, 2.24) is 5.32 Å². The van der Waals surface area contributed by atoms with Crippen molar-refractivity contribution in [2.24, 2.45) is 0 Å². The van der Waals surface area contributed by atoms with Gasteiger partial charge >= 0.3 is 5.97 Å². The molecule has 0 heterocycles. The molecule has 0 atom stereocenters. The van der Waals surface area contributed by atoms with Gasteiger partial charge in [-0.25, -0.2) is 13.2 Å². The summed E-state index contributed by atoms with van der Waals surface area (Å²) in [6, 6.07) is 9.97. The predicted octanol–water partition coefficient (Wildman–Crippen LogP) is 4.40. The van der Waals surface area contributed by atoms with Crippen LogP contribution < -0.4 is 10.0 Å². The highest BCUT2D eigenvalue weighted by Crippen LogP contribution is 2.31. The molecular weight excluding hydrogens is 463 g/mol. The molecular formula is C21H22Cl2N2O5S. The second-order valence-electron chi connectivity index (χ2n) is 7.23. The summed E-state index contributed by atoms with van der Waals surface area (Å²) in [7, 11) is -3.95. The van der Waals surface area contributed by atoms with Crippen molar-refractivity contribution in [1.29, 1.82) is 0 Å². The highest BCUT2D eigenvalue weighted by atomic mass is 35.5. The maximum absolute atomic E-state index is 12.9. The summed E-state index contributed by atoms with van der Waals surface area (Å²) in [5, 5.41) is 3.15. The minimum atomic E-state index is -3.95. The van der Waals surface area contributed by atoms with Crippen molar-refractivity contribution >= 4 is 50.8 Å². The van der Waals surface area contributed by atoms with Gasteiger partial charge in [0, 0.05) is 11.3 Å². The number of nitrogens with one attached hydrogen (secondary N) is 2. The molecule has 1 saturated carbocycles. The number of anilines is 1. The summed E-state index contributed by atoms with van der Waals surface area (Å²) >= 11 is 11.8. The van der Waals surface area contributed by atoms with E-state index in [1.807, 2.05) is 0 Å². The molecule has 1 aliphatic carbocycles. The first-order valence-electron chi connectivity index (χ1n) is 9.74. The number of hydrogen-bond acceptors (Lipinski definition) is 5. The number of ether oxygens (including phenoxy) is 1. The summed E-state index contributed by atoms with van der Waals surface area (Å²) in [5.74, 6) is -0.928. The van der Waals surface area contributed by atoms with Gasteiger partial charge in [0.2, 0.25) is 0 Å². The first-order chi connectivity index (χ1) is 14.7. The fourth-order valence-electron chi connectivity index (χ4n) is 3.50. The van der Waals surface area contributed by atoms with Crippen LogP contribution in [0, 0.1) is 0 Å². The van der Waals surface area contributed by atoms with E-state index in [1.54, 1.807) is 19.1 Å². The van der Waals surface area contributed by atoms with E-state index in [2.05, 4.69) is 10.0 Å². The zero-order valence-corrected chi connectivity index (χ0v) is 19.1. The molecule has 7 nitrogen and oxygen atoms in total. The molecule has 10 heteroatoms. The molecule has 3 rings (SSSR count). The van der Waals surface area contributed by atoms with Crippen molar-refractivity contribution < 1.29 is 22.7 Å². The second-order valence-corrected chi connectivity index (χ2v) is 9.72. The van der Waals surface area contributed by atoms with Crippen molar-refractivity contribution in [3.05, 3.63) is 58.1 Å². The Labute approximate surface area is 191 Å². The van der Waals surface area contributed by atoms with Gasteiger partial charge in [0.1, 0.15) is 5.54 Å². The quantitative estimate of drug-likeness (QED) is 0.567. The standard InChI is InChI=1S/C21H22Cl2N2O5S/c1-2-30-20(27)21(10-3-4-11-21)24-19(26)14-6-5-7-15(12-14)25-31(28,29)16-8-9-17(22)18(23)13-16/h5-9,12-13,25H,2-4,10-11H2,1H3,(H,24,26). The number of rotatable bonds is 7. The van der Waals surface area contributed by atoms with E-state index >= 15 is 0 Å². The summed E-state index contributed by atoms with van der Waals surface area (Å²) in [6.07, 6.45) is 2.62. The molecule has 0 saturated heterocycles. The number of carbonyl (C=O) groups excluding carboxylic acids is 2. The fourth-order valence-corrected chi connectivity index (χ4v) is 4.94. The van der Waals surface area contributed by atoms with Gasteiger partial charge in [0.25, 0.3) is 15.9 Å². The maximum Gasteiger partial charge on any atom is 0.331 e. The molecule has 0 bridgehead atoms. The monoisotopic (exact) mass is 484 g/mol. The number of esters is 1. The van der Waals surface area contributed by atoms with Gasteiger partial charge in [-0.05, 0) is 56.2 Å². The summed E-state index contributed by atoms with van der Waals surface area (Å²) in [4.78, 5) is 25.2. The van der Waals surface area contributed by atoms with Gasteiger partial charge in [0.05, 0.1) is 21.5 Å². The first kappa shape index (κ1) is 23.4. The average Bonchev–Trinajstić information content (AvgIpc) is 3.20. The van der Waals surface area contributed by atoms with Gasteiger partial charge in [-0.2, -0.15) is 0 Å². The van der Waals surface area contributed by atoms with Gasteiger partial charge < -0.3 is 10.1 Å². The molecule has 0 unspecified atom stereocenters.